The maximum Gasteiger partial charge on any atom is 0.472 e. The summed E-state index contributed by atoms with van der Waals surface area (Å²) in [4.78, 5) is 73.3. The van der Waals surface area contributed by atoms with E-state index in [1.165, 1.54) is 302 Å². The molecular weight excluding hydrogens is 1410 g/mol. The number of phosphoric ester groups is 2. The summed E-state index contributed by atoms with van der Waals surface area (Å²) in [6, 6.07) is 0. The number of esters is 4. The average molecular weight is 1590 g/mol. The first-order chi connectivity index (χ1) is 52.9. The summed E-state index contributed by atoms with van der Waals surface area (Å²) in [6.07, 6.45) is 75.1. The number of phosphoric acid groups is 2. The normalized spacial score (nSPS) is 14.0. The minimum Gasteiger partial charge on any atom is -0.462 e. The van der Waals surface area contributed by atoms with E-state index in [9.17, 15) is 43.2 Å². The molecule has 0 radical (unpaired) electrons. The molecule has 0 rings (SSSR count). The molecule has 3 unspecified atom stereocenters. The fraction of sp³-hybridized carbons (Fsp3) is 0.956. The molecule has 0 aliphatic heterocycles. The number of aliphatic hydroxyl groups is 1. The molecule has 17 nitrogen and oxygen atoms in total. The Balaban J connectivity index is 5.20. The second-order valence-electron chi connectivity index (χ2n) is 33.1. The Morgan fingerprint density at radius 1 is 0.266 bits per heavy atom. The Morgan fingerprint density at radius 2 is 0.468 bits per heavy atom. The molecule has 0 fully saturated rings. The topological polar surface area (TPSA) is 237 Å². The Kier molecular flexibility index (Phi) is 79.8. The van der Waals surface area contributed by atoms with Crippen LogP contribution < -0.4 is 0 Å². The van der Waals surface area contributed by atoms with Gasteiger partial charge in [-0.05, 0) is 37.5 Å². The molecule has 109 heavy (non-hydrogen) atoms. The van der Waals surface area contributed by atoms with E-state index >= 15 is 0 Å². The van der Waals surface area contributed by atoms with Gasteiger partial charge >= 0.3 is 39.5 Å². The van der Waals surface area contributed by atoms with Crippen LogP contribution >= 0.6 is 15.6 Å². The molecule has 0 saturated heterocycles. The minimum absolute atomic E-state index is 0.109. The molecule has 0 aliphatic rings. The fourth-order valence-corrected chi connectivity index (χ4v) is 15.7. The first-order valence-electron chi connectivity index (χ1n) is 46.5. The lowest BCUT2D eigenvalue weighted by atomic mass is 9.99. The molecule has 0 aliphatic carbocycles. The van der Waals surface area contributed by atoms with Crippen LogP contribution in [0.1, 0.15) is 485 Å². The molecular formula is C90H176O17P2. The van der Waals surface area contributed by atoms with Gasteiger partial charge in [0.05, 0.1) is 26.4 Å². The Hall–Kier alpha value is -1.94. The lowest BCUT2D eigenvalue weighted by Gasteiger charge is -2.21. The van der Waals surface area contributed by atoms with Crippen molar-refractivity contribution in [1.82, 2.24) is 0 Å². The molecule has 19 heteroatoms. The summed E-state index contributed by atoms with van der Waals surface area (Å²) in [5, 5.41) is 10.7. The van der Waals surface area contributed by atoms with E-state index in [-0.39, 0.29) is 25.7 Å². The third-order valence-corrected chi connectivity index (χ3v) is 23.5. The van der Waals surface area contributed by atoms with Crippen molar-refractivity contribution < 1.29 is 80.2 Å². The van der Waals surface area contributed by atoms with Gasteiger partial charge in [-0.25, -0.2) is 9.13 Å². The highest BCUT2D eigenvalue weighted by Crippen LogP contribution is 2.45. The monoisotopic (exact) mass is 1590 g/mol. The van der Waals surface area contributed by atoms with Gasteiger partial charge in [0.25, 0.3) is 0 Å². The van der Waals surface area contributed by atoms with E-state index in [4.69, 9.17) is 37.0 Å². The summed E-state index contributed by atoms with van der Waals surface area (Å²) in [6.45, 7) is 9.79. The zero-order valence-corrected chi connectivity index (χ0v) is 73.7. The van der Waals surface area contributed by atoms with E-state index < -0.39 is 97.5 Å². The zero-order chi connectivity index (χ0) is 79.9. The highest BCUT2D eigenvalue weighted by molar-refractivity contribution is 7.47. The van der Waals surface area contributed by atoms with Gasteiger partial charge in [0.2, 0.25) is 0 Å². The number of ether oxygens (including phenoxy) is 4. The molecule has 0 aromatic carbocycles. The van der Waals surface area contributed by atoms with Gasteiger partial charge in [0.15, 0.2) is 12.2 Å². The van der Waals surface area contributed by atoms with Crippen molar-refractivity contribution in [3.05, 3.63) is 0 Å². The van der Waals surface area contributed by atoms with Crippen LogP contribution in [0, 0.1) is 11.8 Å². The fourth-order valence-electron chi connectivity index (χ4n) is 14.1. The van der Waals surface area contributed by atoms with Crippen molar-refractivity contribution >= 4 is 39.5 Å². The molecule has 0 heterocycles. The van der Waals surface area contributed by atoms with Crippen LogP contribution in [0.2, 0.25) is 0 Å². The van der Waals surface area contributed by atoms with Crippen molar-refractivity contribution in [2.24, 2.45) is 11.8 Å². The quantitative estimate of drug-likeness (QED) is 0.0222. The summed E-state index contributed by atoms with van der Waals surface area (Å²) < 4.78 is 69.0. The summed E-state index contributed by atoms with van der Waals surface area (Å²) in [5.74, 6) is -0.404. The van der Waals surface area contributed by atoms with Gasteiger partial charge in [-0.15, -0.1) is 0 Å². The van der Waals surface area contributed by atoms with E-state index in [1.807, 2.05) is 0 Å². The largest absolute Gasteiger partial charge is 0.472 e. The average Bonchev–Trinajstić information content (AvgIpc) is 0.913. The Labute approximate surface area is 670 Å². The maximum atomic E-state index is 13.2. The molecule has 3 N–H and O–H groups in total. The van der Waals surface area contributed by atoms with Crippen molar-refractivity contribution in [3.63, 3.8) is 0 Å². The van der Waals surface area contributed by atoms with Crippen LogP contribution in [0.5, 0.6) is 0 Å². The predicted molar refractivity (Wildman–Crippen MR) is 451 cm³/mol. The summed E-state index contributed by atoms with van der Waals surface area (Å²) in [5.41, 5.74) is 0. The minimum atomic E-state index is -4.97. The number of rotatable bonds is 89. The number of carbonyl (C=O) groups excluding carboxylic acids is 4. The van der Waals surface area contributed by atoms with Crippen molar-refractivity contribution in [2.75, 3.05) is 39.6 Å². The number of hydrogen-bond donors (Lipinski definition) is 3. The highest BCUT2D eigenvalue weighted by atomic mass is 31.2. The first-order valence-corrected chi connectivity index (χ1v) is 49.5. The Bertz CT molecular complexity index is 2080. The van der Waals surface area contributed by atoms with Crippen LogP contribution in [0.3, 0.4) is 0 Å². The molecule has 648 valence electrons. The van der Waals surface area contributed by atoms with Crippen molar-refractivity contribution in [3.8, 4) is 0 Å². The lowest BCUT2D eigenvalue weighted by Crippen LogP contribution is -2.30. The van der Waals surface area contributed by atoms with Crippen LogP contribution in [0.25, 0.3) is 0 Å². The van der Waals surface area contributed by atoms with Gasteiger partial charge < -0.3 is 33.8 Å². The van der Waals surface area contributed by atoms with Gasteiger partial charge in [-0.2, -0.15) is 0 Å². The van der Waals surface area contributed by atoms with E-state index in [2.05, 4.69) is 41.5 Å². The van der Waals surface area contributed by atoms with Crippen LogP contribution in [0.15, 0.2) is 0 Å². The standard InChI is InChI=1S/C90H176O17P2/c1-7-10-12-14-16-18-19-20-21-26-34-39-44-50-56-62-68-74-89(94)106-85(78-100-87(92)72-66-60-54-46-17-15-13-11-8-2)80-104-108(96,97)102-76-84(91)77-103-109(98,99)105-81-86(79-101-88(93)73-67-61-55-49-43-38-33-29-24-22-27-31-36-41-47-52-58-64-70-82(4)5)107-90(95)75-69-63-57-51-45-40-35-30-25-23-28-32-37-42-48-53-59-65-71-83(6)9-3/h82-86,91H,7-81H2,1-6H3,(H,96,97)(H,98,99)/t83?,84-,85+,86+/m0/s1. The lowest BCUT2D eigenvalue weighted by molar-refractivity contribution is -0.161. The van der Waals surface area contributed by atoms with Crippen LogP contribution in [-0.4, -0.2) is 96.7 Å². The third-order valence-electron chi connectivity index (χ3n) is 21.6. The van der Waals surface area contributed by atoms with E-state index in [1.54, 1.807) is 0 Å². The smallest absolute Gasteiger partial charge is 0.462 e. The predicted octanol–water partition coefficient (Wildman–Crippen LogP) is 27.8. The van der Waals surface area contributed by atoms with Gasteiger partial charge in [0.1, 0.15) is 19.3 Å². The zero-order valence-electron chi connectivity index (χ0n) is 71.9. The van der Waals surface area contributed by atoms with Crippen molar-refractivity contribution in [2.45, 2.75) is 503 Å². The van der Waals surface area contributed by atoms with Crippen molar-refractivity contribution in [1.29, 1.82) is 0 Å². The third kappa shape index (κ3) is 82.4. The first kappa shape index (κ1) is 107. The number of hydrogen-bond acceptors (Lipinski definition) is 15. The molecule has 0 bridgehead atoms. The van der Waals surface area contributed by atoms with E-state index in [0.717, 1.165) is 102 Å². The molecule has 0 amide bonds. The molecule has 0 aromatic rings. The number of aliphatic hydroxyl groups excluding tert-OH is 1. The van der Waals surface area contributed by atoms with Gasteiger partial charge in [0, 0.05) is 25.7 Å². The van der Waals surface area contributed by atoms with E-state index in [0.29, 0.717) is 25.7 Å². The van der Waals surface area contributed by atoms with Crippen LogP contribution in [0.4, 0.5) is 0 Å². The van der Waals surface area contributed by atoms with Gasteiger partial charge in [-0.3, -0.25) is 37.3 Å². The maximum absolute atomic E-state index is 13.2. The second kappa shape index (κ2) is 81.2. The van der Waals surface area contributed by atoms with Gasteiger partial charge in [-0.1, -0.05) is 433 Å². The SMILES string of the molecule is CCCCCCCCCCCCCCCCCCCC(=O)O[C@H](COC(=O)CCCCCCCCCCC)COP(=O)(O)OC[C@H](O)COP(=O)(O)OC[C@@H](COC(=O)CCCCCCCCCCCCCCCCCCCCC(C)C)OC(=O)CCCCCCCCCCCCCCCCCCCCC(C)CC. The molecule has 0 spiro atoms. The number of unbranched alkanes of at least 4 members (excludes halogenated alkanes) is 58. The number of carbonyl (C=O) groups is 4. The molecule has 6 atom stereocenters. The van der Waals surface area contributed by atoms with Crippen LogP contribution in [-0.2, 0) is 65.4 Å². The highest BCUT2D eigenvalue weighted by Gasteiger charge is 2.31. The summed E-state index contributed by atoms with van der Waals surface area (Å²) >= 11 is 0. The molecule has 0 aromatic heterocycles. The summed E-state index contributed by atoms with van der Waals surface area (Å²) in [7, 11) is -9.93. The second-order valence-corrected chi connectivity index (χ2v) is 36.0. The molecule has 0 saturated carbocycles. The Morgan fingerprint density at radius 3 is 0.697 bits per heavy atom.